The topological polar surface area (TPSA) is 175 Å². The van der Waals surface area contributed by atoms with Crippen molar-refractivity contribution < 1.29 is 54.4 Å². The Morgan fingerprint density at radius 3 is 2.42 bits per heavy atom. The van der Waals surface area contributed by atoms with Crippen molar-refractivity contribution in [3.8, 4) is 23.0 Å². The molecule has 1 saturated carbocycles. The maximum atomic E-state index is 12.3. The molecule has 1 aliphatic carbocycles. The average Bonchev–Trinajstić information content (AvgIpc) is 3.53. The first-order valence-corrected chi connectivity index (χ1v) is 11.2. The number of methoxy groups -OCH3 is 1. The minimum absolute atomic E-state index is 0.0845. The highest BCUT2D eigenvalue weighted by molar-refractivity contribution is 5.87. The first-order valence-electron chi connectivity index (χ1n) is 11.2. The third kappa shape index (κ3) is 5.25. The van der Waals surface area contributed by atoms with E-state index in [2.05, 4.69) is 0 Å². The molecule has 2 fully saturated rings. The number of benzene rings is 2. The molecule has 0 unspecified atom stereocenters. The highest BCUT2D eigenvalue weighted by Crippen LogP contribution is 2.51. The average molecular weight is 504 g/mol. The van der Waals surface area contributed by atoms with Crippen LogP contribution in [0.1, 0.15) is 17.5 Å². The van der Waals surface area contributed by atoms with Crippen LogP contribution in [0.3, 0.4) is 0 Å². The van der Waals surface area contributed by atoms with Gasteiger partial charge in [-0.15, -0.1) is 0 Å². The predicted molar refractivity (Wildman–Crippen MR) is 123 cm³/mol. The SMILES string of the molecule is CO[C@@H]1[C@H](O)[C@H](OCCc2ccc(O)c(O)c2)O[C@@]2(C[C@H]2OC(=O)/C=C/c2ccc(O)c(O)c2)[C@H]1O. The summed E-state index contributed by atoms with van der Waals surface area (Å²) in [6.45, 7) is 0.0845. The molecule has 36 heavy (non-hydrogen) atoms. The van der Waals surface area contributed by atoms with Crippen LogP contribution in [0.4, 0.5) is 0 Å². The zero-order valence-electron chi connectivity index (χ0n) is 19.4. The molecular formula is C25H28O11. The minimum Gasteiger partial charge on any atom is -0.504 e. The van der Waals surface area contributed by atoms with E-state index in [1.165, 1.54) is 43.5 Å². The summed E-state index contributed by atoms with van der Waals surface area (Å²) in [6, 6.07) is 8.41. The number of aromatic hydroxyl groups is 4. The van der Waals surface area contributed by atoms with E-state index in [0.29, 0.717) is 17.5 Å². The van der Waals surface area contributed by atoms with E-state index in [4.69, 9.17) is 18.9 Å². The molecular weight excluding hydrogens is 476 g/mol. The van der Waals surface area contributed by atoms with Crippen LogP contribution in [0, 0.1) is 0 Å². The van der Waals surface area contributed by atoms with Gasteiger partial charge < -0.3 is 49.6 Å². The van der Waals surface area contributed by atoms with Gasteiger partial charge in [-0.3, -0.25) is 0 Å². The Labute approximate surface area is 206 Å². The molecule has 2 aromatic carbocycles. The van der Waals surface area contributed by atoms with Gasteiger partial charge in [0, 0.05) is 19.6 Å². The Kier molecular flexibility index (Phi) is 7.38. The number of aliphatic hydroxyl groups excluding tert-OH is 2. The molecule has 2 aromatic rings. The van der Waals surface area contributed by atoms with Crippen molar-refractivity contribution in [1.82, 2.24) is 0 Å². The predicted octanol–water partition coefficient (Wildman–Crippen LogP) is 0.929. The summed E-state index contributed by atoms with van der Waals surface area (Å²) >= 11 is 0. The van der Waals surface area contributed by atoms with Gasteiger partial charge in [0.25, 0.3) is 0 Å². The van der Waals surface area contributed by atoms with Gasteiger partial charge >= 0.3 is 5.97 Å². The Morgan fingerprint density at radius 2 is 1.75 bits per heavy atom. The lowest BCUT2D eigenvalue weighted by Crippen LogP contribution is -2.61. The zero-order valence-corrected chi connectivity index (χ0v) is 19.4. The maximum absolute atomic E-state index is 12.3. The second kappa shape index (κ2) is 10.3. The van der Waals surface area contributed by atoms with Crippen molar-refractivity contribution in [2.45, 2.75) is 49.1 Å². The van der Waals surface area contributed by atoms with Crippen molar-refractivity contribution >= 4 is 12.0 Å². The van der Waals surface area contributed by atoms with Gasteiger partial charge in [-0.2, -0.15) is 0 Å². The fraction of sp³-hybridized carbons (Fsp3) is 0.400. The molecule has 1 spiro atoms. The third-order valence-electron chi connectivity index (χ3n) is 6.31. The van der Waals surface area contributed by atoms with Gasteiger partial charge in [0.15, 0.2) is 29.3 Å². The molecule has 1 heterocycles. The normalized spacial score (nSPS) is 29.5. The van der Waals surface area contributed by atoms with E-state index in [1.54, 1.807) is 6.07 Å². The lowest BCUT2D eigenvalue weighted by atomic mass is 9.96. The molecule has 0 aromatic heterocycles. The number of hydrogen-bond acceptors (Lipinski definition) is 11. The van der Waals surface area contributed by atoms with Gasteiger partial charge in [-0.05, 0) is 47.9 Å². The number of rotatable bonds is 8. The van der Waals surface area contributed by atoms with Crippen molar-refractivity contribution in [3.05, 3.63) is 53.6 Å². The monoisotopic (exact) mass is 504 g/mol. The molecule has 0 radical (unpaired) electrons. The second-order valence-corrected chi connectivity index (χ2v) is 8.73. The quantitative estimate of drug-likeness (QED) is 0.171. The Bertz CT molecular complexity index is 1130. The lowest BCUT2D eigenvalue weighted by molar-refractivity contribution is -0.314. The van der Waals surface area contributed by atoms with Gasteiger partial charge in [0.1, 0.15) is 30.0 Å². The molecule has 1 aliphatic heterocycles. The van der Waals surface area contributed by atoms with E-state index in [1.807, 2.05) is 0 Å². The van der Waals surface area contributed by atoms with E-state index in [9.17, 15) is 35.4 Å². The van der Waals surface area contributed by atoms with E-state index in [0.717, 1.165) is 6.08 Å². The van der Waals surface area contributed by atoms with Crippen LogP contribution in [0.5, 0.6) is 23.0 Å². The standard InChI is InChI=1S/C25H28O11/c1-33-22-21(31)24(34-9-8-14-3-6-16(27)18(29)11-14)36-25(23(22)32)12-19(25)35-20(30)7-4-13-2-5-15(26)17(28)10-13/h2-7,10-11,19,21-24,26-29,31-32H,8-9,12H2,1H3/b7-4+/t19-,21+,22-,23+,24-,25-/m1/s1. The lowest BCUT2D eigenvalue weighted by Gasteiger charge is -2.42. The number of ether oxygens (including phenoxy) is 4. The van der Waals surface area contributed by atoms with E-state index in [-0.39, 0.29) is 36.0 Å². The Morgan fingerprint density at radius 1 is 1.06 bits per heavy atom. The number of esters is 1. The van der Waals surface area contributed by atoms with Gasteiger partial charge in [-0.25, -0.2) is 4.79 Å². The summed E-state index contributed by atoms with van der Waals surface area (Å²) in [5.74, 6) is -1.84. The van der Waals surface area contributed by atoms with Gasteiger partial charge in [-0.1, -0.05) is 12.1 Å². The van der Waals surface area contributed by atoms with Crippen LogP contribution >= 0.6 is 0 Å². The van der Waals surface area contributed by atoms with E-state index >= 15 is 0 Å². The molecule has 2 aliphatic rings. The molecule has 11 heteroatoms. The Hall–Kier alpha value is -3.35. The summed E-state index contributed by atoms with van der Waals surface area (Å²) in [4.78, 5) is 12.3. The first-order chi connectivity index (χ1) is 17.1. The Balaban J connectivity index is 1.37. The molecule has 4 rings (SSSR count). The number of aliphatic hydroxyl groups is 2. The summed E-state index contributed by atoms with van der Waals surface area (Å²) in [5.41, 5.74) is -0.179. The van der Waals surface area contributed by atoms with Crippen LogP contribution < -0.4 is 0 Å². The fourth-order valence-corrected chi connectivity index (χ4v) is 4.19. The minimum atomic E-state index is -1.32. The summed E-state index contributed by atoms with van der Waals surface area (Å²) in [5, 5.41) is 59.3. The summed E-state index contributed by atoms with van der Waals surface area (Å²) < 4.78 is 22.3. The smallest absolute Gasteiger partial charge is 0.331 e. The van der Waals surface area contributed by atoms with Gasteiger partial charge in [0.2, 0.25) is 0 Å². The molecule has 1 saturated heterocycles. The molecule has 6 atom stereocenters. The van der Waals surface area contributed by atoms with Crippen LogP contribution in [0.25, 0.3) is 6.08 Å². The van der Waals surface area contributed by atoms with E-state index < -0.39 is 42.3 Å². The zero-order chi connectivity index (χ0) is 26.0. The second-order valence-electron chi connectivity index (χ2n) is 8.73. The van der Waals surface area contributed by atoms with Crippen molar-refractivity contribution in [1.29, 1.82) is 0 Å². The third-order valence-corrected chi connectivity index (χ3v) is 6.31. The summed E-state index contributed by atoms with van der Waals surface area (Å²) in [7, 11) is 1.33. The maximum Gasteiger partial charge on any atom is 0.331 e. The first kappa shape index (κ1) is 25.7. The molecule has 11 nitrogen and oxygen atoms in total. The van der Waals surface area contributed by atoms with Crippen molar-refractivity contribution in [2.24, 2.45) is 0 Å². The van der Waals surface area contributed by atoms with Crippen LogP contribution in [-0.2, 0) is 30.2 Å². The van der Waals surface area contributed by atoms with Crippen LogP contribution in [-0.4, -0.2) is 86.6 Å². The summed E-state index contributed by atoms with van der Waals surface area (Å²) in [6.07, 6.45) is -2.63. The van der Waals surface area contributed by atoms with Crippen LogP contribution in [0.15, 0.2) is 42.5 Å². The molecule has 0 amide bonds. The number of phenols is 4. The number of carbonyl (C=O) groups excluding carboxylic acids is 1. The van der Waals surface area contributed by atoms with Gasteiger partial charge in [0.05, 0.1) is 6.61 Å². The molecule has 0 bridgehead atoms. The largest absolute Gasteiger partial charge is 0.504 e. The highest BCUT2D eigenvalue weighted by atomic mass is 16.7. The fourth-order valence-electron chi connectivity index (χ4n) is 4.19. The van der Waals surface area contributed by atoms with Crippen LogP contribution in [0.2, 0.25) is 0 Å². The van der Waals surface area contributed by atoms with Crippen molar-refractivity contribution in [3.63, 3.8) is 0 Å². The number of phenolic OH excluding ortho intramolecular Hbond substituents is 4. The van der Waals surface area contributed by atoms with Crippen molar-refractivity contribution in [2.75, 3.05) is 13.7 Å². The number of hydrogen-bond donors (Lipinski definition) is 6. The highest BCUT2D eigenvalue weighted by Gasteiger charge is 2.70. The number of carbonyl (C=O) groups is 1. The molecule has 194 valence electrons. The molecule has 6 N–H and O–H groups in total.